The van der Waals surface area contributed by atoms with Gasteiger partial charge in [0.05, 0.1) is 5.56 Å². The highest BCUT2D eigenvalue weighted by molar-refractivity contribution is 6.30. The minimum Gasteiger partial charge on any atom is -0.492 e. The van der Waals surface area contributed by atoms with Crippen molar-refractivity contribution in [2.45, 2.75) is 45.4 Å². The summed E-state index contributed by atoms with van der Waals surface area (Å²) in [5.74, 6) is 1.27. The average molecular weight is 516 g/mol. The zero-order chi connectivity index (χ0) is 25.8. The smallest absolute Gasteiger partial charge is 0.344 e. The highest BCUT2D eigenvalue weighted by Crippen LogP contribution is 2.32. The Morgan fingerprint density at radius 2 is 1.73 bits per heavy atom. The average Bonchev–Trinajstić information content (AvgIpc) is 3.43. The molecular weight excluding hydrogens is 482 g/mol. The highest BCUT2D eigenvalue weighted by atomic mass is 35.5. The van der Waals surface area contributed by atoms with Crippen molar-refractivity contribution < 1.29 is 9.15 Å². The predicted molar refractivity (Wildman–Crippen MR) is 152 cm³/mol. The quantitative estimate of drug-likeness (QED) is 0.214. The normalized spacial score (nSPS) is 14.8. The van der Waals surface area contributed by atoms with E-state index in [-0.39, 0.29) is 5.63 Å². The van der Waals surface area contributed by atoms with E-state index in [1.165, 1.54) is 31.5 Å². The van der Waals surface area contributed by atoms with E-state index in [1.54, 1.807) is 0 Å². The van der Waals surface area contributed by atoms with Crippen molar-refractivity contribution in [3.05, 3.63) is 98.9 Å². The van der Waals surface area contributed by atoms with Gasteiger partial charge in [0.25, 0.3) is 0 Å². The van der Waals surface area contributed by atoms with Crippen molar-refractivity contribution in [2.24, 2.45) is 0 Å². The van der Waals surface area contributed by atoms with Gasteiger partial charge in [-0.1, -0.05) is 61.8 Å². The van der Waals surface area contributed by atoms with Gasteiger partial charge in [-0.05, 0) is 97.3 Å². The second kappa shape index (κ2) is 11.5. The minimum absolute atomic E-state index is 0.326. The van der Waals surface area contributed by atoms with Gasteiger partial charge < -0.3 is 9.15 Å². The molecule has 0 spiro atoms. The second-order valence-electron chi connectivity index (χ2n) is 10.0. The molecule has 192 valence electrons. The maximum atomic E-state index is 13.3. The lowest BCUT2D eigenvalue weighted by Crippen LogP contribution is -2.25. The first-order valence-corrected chi connectivity index (χ1v) is 13.7. The van der Waals surface area contributed by atoms with Crippen LogP contribution < -0.4 is 10.4 Å². The third-order valence-corrected chi connectivity index (χ3v) is 7.78. The van der Waals surface area contributed by atoms with Crippen LogP contribution in [0.1, 0.15) is 55.7 Å². The molecule has 0 aliphatic carbocycles. The number of ether oxygens (including phenoxy) is 1. The zero-order valence-corrected chi connectivity index (χ0v) is 22.4. The van der Waals surface area contributed by atoms with Gasteiger partial charge >= 0.3 is 5.63 Å². The summed E-state index contributed by atoms with van der Waals surface area (Å²) in [5, 5.41) is 1.59. The molecule has 5 rings (SSSR count). The Bertz CT molecular complexity index is 1400. The van der Waals surface area contributed by atoms with Crippen LogP contribution in [0.2, 0.25) is 5.02 Å². The van der Waals surface area contributed by atoms with Crippen molar-refractivity contribution in [1.82, 2.24) is 4.90 Å². The molecule has 1 aliphatic heterocycles. The molecule has 5 heteroatoms. The number of halogens is 1. The number of nitrogens with zero attached hydrogens (tertiary/aromatic N) is 1. The minimum atomic E-state index is -0.326. The molecule has 1 saturated heterocycles. The lowest BCUT2D eigenvalue weighted by molar-refractivity contribution is 0.238. The fraction of sp³-hybridized carbons (Fsp3) is 0.344. The van der Waals surface area contributed by atoms with E-state index in [0.29, 0.717) is 35.1 Å². The van der Waals surface area contributed by atoms with Crippen molar-refractivity contribution >= 4 is 22.6 Å². The molecule has 1 aliphatic rings. The summed E-state index contributed by atoms with van der Waals surface area (Å²) < 4.78 is 11.9. The van der Waals surface area contributed by atoms with Gasteiger partial charge in [0, 0.05) is 17.0 Å². The molecular formula is C32H34ClNO3. The van der Waals surface area contributed by atoms with Crippen LogP contribution >= 0.6 is 11.6 Å². The molecule has 0 saturated carbocycles. The van der Waals surface area contributed by atoms with Crippen LogP contribution in [-0.2, 0) is 6.42 Å². The molecule has 2 heterocycles. The van der Waals surface area contributed by atoms with Crippen LogP contribution in [0, 0.1) is 0 Å². The summed E-state index contributed by atoms with van der Waals surface area (Å²) in [4.78, 5) is 15.8. The Labute approximate surface area is 223 Å². The summed E-state index contributed by atoms with van der Waals surface area (Å²) in [6.07, 6.45) is 4.21. The third-order valence-electron chi connectivity index (χ3n) is 7.53. The van der Waals surface area contributed by atoms with Crippen molar-refractivity contribution in [1.29, 1.82) is 0 Å². The van der Waals surface area contributed by atoms with Gasteiger partial charge in [-0.25, -0.2) is 4.79 Å². The summed E-state index contributed by atoms with van der Waals surface area (Å²) >= 11 is 6.14. The summed E-state index contributed by atoms with van der Waals surface area (Å²) in [5.41, 5.74) is 4.96. The van der Waals surface area contributed by atoms with E-state index < -0.39 is 0 Å². The molecule has 0 N–H and O–H groups in total. The van der Waals surface area contributed by atoms with Crippen LogP contribution in [0.3, 0.4) is 0 Å². The van der Waals surface area contributed by atoms with E-state index in [0.717, 1.165) is 40.8 Å². The first kappa shape index (κ1) is 25.6. The molecule has 1 atom stereocenters. The third kappa shape index (κ3) is 5.92. The van der Waals surface area contributed by atoms with Crippen LogP contribution in [0.5, 0.6) is 5.75 Å². The SMILES string of the molecule is CCC(C)c1ccc2c(Cc3ccc(OCCN4CCCC4)cc3)c(-c3ccc(Cl)cc3)c(=O)oc2c1. The van der Waals surface area contributed by atoms with E-state index in [9.17, 15) is 4.79 Å². The van der Waals surface area contributed by atoms with Crippen molar-refractivity contribution in [3.63, 3.8) is 0 Å². The number of likely N-dealkylation sites (tertiary alicyclic amines) is 1. The maximum Gasteiger partial charge on any atom is 0.344 e. The number of fused-ring (bicyclic) bond motifs is 1. The molecule has 1 unspecified atom stereocenters. The molecule has 0 bridgehead atoms. The first-order chi connectivity index (χ1) is 18.0. The summed E-state index contributed by atoms with van der Waals surface area (Å²) in [6.45, 7) is 8.38. The molecule has 3 aromatic carbocycles. The molecule has 4 nitrogen and oxygen atoms in total. The Kier molecular flexibility index (Phi) is 7.97. The fourth-order valence-corrected chi connectivity index (χ4v) is 5.25. The maximum absolute atomic E-state index is 13.3. The standard InChI is InChI=1S/C32H34ClNO3/c1-3-22(2)25-10-15-28-29(31(32(35)37-30(28)21-25)24-8-11-26(33)12-9-24)20-23-6-13-27(14-7-23)36-19-18-34-16-4-5-17-34/h6-15,21-22H,3-5,16-20H2,1-2H3. The van der Waals surface area contributed by atoms with Gasteiger partial charge in [0.15, 0.2) is 0 Å². The van der Waals surface area contributed by atoms with Gasteiger partial charge in [0.1, 0.15) is 17.9 Å². The molecule has 1 fully saturated rings. The van der Waals surface area contributed by atoms with Gasteiger partial charge in [-0.2, -0.15) is 0 Å². The largest absolute Gasteiger partial charge is 0.492 e. The Morgan fingerprint density at radius 3 is 2.43 bits per heavy atom. The molecule has 4 aromatic rings. The van der Waals surface area contributed by atoms with E-state index in [1.807, 2.05) is 42.5 Å². The first-order valence-electron chi connectivity index (χ1n) is 13.3. The van der Waals surface area contributed by atoms with Gasteiger partial charge in [0.2, 0.25) is 0 Å². The number of rotatable bonds is 9. The van der Waals surface area contributed by atoms with Gasteiger partial charge in [-0.15, -0.1) is 0 Å². The zero-order valence-electron chi connectivity index (χ0n) is 21.6. The van der Waals surface area contributed by atoms with Crippen molar-refractivity contribution in [3.8, 4) is 16.9 Å². The second-order valence-corrected chi connectivity index (χ2v) is 10.5. The summed E-state index contributed by atoms with van der Waals surface area (Å²) in [7, 11) is 0. The van der Waals surface area contributed by atoms with Crippen LogP contribution in [0.15, 0.2) is 75.9 Å². The van der Waals surface area contributed by atoms with Crippen LogP contribution in [0.4, 0.5) is 0 Å². The molecule has 1 aromatic heterocycles. The van der Waals surface area contributed by atoms with E-state index in [2.05, 4.69) is 43.0 Å². The Hall–Kier alpha value is -3.08. The molecule has 0 radical (unpaired) electrons. The number of hydrogen-bond donors (Lipinski definition) is 0. The van der Waals surface area contributed by atoms with Crippen LogP contribution in [0.25, 0.3) is 22.1 Å². The fourth-order valence-electron chi connectivity index (χ4n) is 5.12. The molecule has 37 heavy (non-hydrogen) atoms. The van der Waals surface area contributed by atoms with E-state index in [4.69, 9.17) is 20.8 Å². The summed E-state index contributed by atoms with van der Waals surface area (Å²) in [6, 6.07) is 21.9. The van der Waals surface area contributed by atoms with Gasteiger partial charge in [-0.3, -0.25) is 4.90 Å². The van der Waals surface area contributed by atoms with Crippen LogP contribution in [-0.4, -0.2) is 31.1 Å². The predicted octanol–water partition coefficient (Wildman–Crippen LogP) is 7.69. The number of hydrogen-bond acceptors (Lipinski definition) is 4. The Balaban J connectivity index is 1.47. The monoisotopic (exact) mass is 515 g/mol. The Morgan fingerprint density at radius 1 is 1.00 bits per heavy atom. The van der Waals surface area contributed by atoms with Crippen molar-refractivity contribution in [2.75, 3.05) is 26.2 Å². The topological polar surface area (TPSA) is 42.7 Å². The lowest BCUT2D eigenvalue weighted by atomic mass is 9.91. The number of benzene rings is 3. The van der Waals surface area contributed by atoms with E-state index >= 15 is 0 Å². The molecule has 0 amide bonds. The highest BCUT2D eigenvalue weighted by Gasteiger charge is 2.18. The lowest BCUT2D eigenvalue weighted by Gasteiger charge is -2.16.